The van der Waals surface area contributed by atoms with Crippen LogP contribution in [0.3, 0.4) is 0 Å². The monoisotopic (exact) mass is 263 g/mol. The molecule has 3 nitrogen and oxygen atoms in total. The van der Waals surface area contributed by atoms with Crippen LogP contribution in [0.4, 0.5) is 0 Å². The van der Waals surface area contributed by atoms with Crippen LogP contribution in [0, 0.1) is 17.8 Å². The molecule has 2 rings (SSSR count). The second-order valence-corrected chi connectivity index (χ2v) is 6.97. The minimum atomic E-state index is 0.427. The second-order valence-electron chi connectivity index (χ2n) is 6.97. The van der Waals surface area contributed by atoms with Gasteiger partial charge in [-0.3, -0.25) is 0 Å². The lowest BCUT2D eigenvalue weighted by atomic mass is 9.79. The molecule has 108 valence electrons. The molecule has 0 aromatic carbocycles. The van der Waals surface area contributed by atoms with Gasteiger partial charge in [-0.1, -0.05) is 26.0 Å². The fourth-order valence-corrected chi connectivity index (χ4v) is 3.38. The van der Waals surface area contributed by atoms with Crippen molar-refractivity contribution in [1.29, 1.82) is 0 Å². The summed E-state index contributed by atoms with van der Waals surface area (Å²) in [5.41, 5.74) is 2.65. The van der Waals surface area contributed by atoms with Crippen LogP contribution in [0.25, 0.3) is 0 Å². The summed E-state index contributed by atoms with van der Waals surface area (Å²) in [5.74, 6) is 2.49. The van der Waals surface area contributed by atoms with Crippen LogP contribution in [0.5, 0.6) is 0 Å². The van der Waals surface area contributed by atoms with Gasteiger partial charge in [-0.2, -0.15) is 0 Å². The molecule has 0 radical (unpaired) electrons. The minimum Gasteiger partial charge on any atom is -0.247 e. The molecule has 1 aromatic rings. The molecule has 3 heteroatoms. The minimum absolute atomic E-state index is 0.427. The Morgan fingerprint density at radius 2 is 1.89 bits per heavy atom. The zero-order valence-electron chi connectivity index (χ0n) is 13.2. The Kier molecular flexibility index (Phi) is 4.64. The lowest BCUT2D eigenvalue weighted by Crippen LogP contribution is -2.20. The van der Waals surface area contributed by atoms with E-state index < -0.39 is 0 Å². The van der Waals surface area contributed by atoms with E-state index in [0.717, 1.165) is 30.6 Å². The summed E-state index contributed by atoms with van der Waals surface area (Å²) in [7, 11) is 0. The highest BCUT2D eigenvalue weighted by molar-refractivity contribution is 5.12. The van der Waals surface area contributed by atoms with Crippen LogP contribution < -0.4 is 0 Å². The maximum atomic E-state index is 4.41. The first-order valence-electron chi connectivity index (χ1n) is 7.92. The topological polar surface area (TPSA) is 30.7 Å². The van der Waals surface area contributed by atoms with Crippen molar-refractivity contribution in [2.75, 3.05) is 0 Å². The summed E-state index contributed by atoms with van der Waals surface area (Å²) < 4.78 is 2.14. The van der Waals surface area contributed by atoms with E-state index in [1.807, 2.05) is 0 Å². The first kappa shape index (κ1) is 14.5. The van der Waals surface area contributed by atoms with Gasteiger partial charge < -0.3 is 0 Å². The standard InChI is InChI=1S/C16H29N3/c1-11(2)10-14-7-9-16-15(8-6-13(14)5)17-18-19(16)12(3)4/h11-14H,6-10H2,1-5H3. The van der Waals surface area contributed by atoms with Crippen molar-refractivity contribution in [1.82, 2.24) is 15.0 Å². The van der Waals surface area contributed by atoms with Crippen molar-refractivity contribution in [2.45, 2.75) is 72.8 Å². The molecule has 0 bridgehead atoms. The third-order valence-electron chi connectivity index (χ3n) is 4.53. The van der Waals surface area contributed by atoms with E-state index in [0.29, 0.717) is 6.04 Å². The second kappa shape index (κ2) is 6.06. The number of rotatable bonds is 3. The number of fused-ring (bicyclic) bond motifs is 1. The maximum absolute atomic E-state index is 4.41. The molecule has 0 fully saturated rings. The average Bonchev–Trinajstić information content (AvgIpc) is 2.72. The predicted octanol–water partition coefficient (Wildman–Crippen LogP) is 4.04. The molecule has 0 spiro atoms. The first-order valence-corrected chi connectivity index (χ1v) is 7.92. The summed E-state index contributed by atoms with van der Waals surface area (Å²) in [5, 5.41) is 8.77. The molecule has 2 atom stereocenters. The van der Waals surface area contributed by atoms with Gasteiger partial charge in [0.2, 0.25) is 0 Å². The molecule has 1 aliphatic carbocycles. The number of aromatic nitrogens is 3. The number of hydrogen-bond acceptors (Lipinski definition) is 2. The molecule has 19 heavy (non-hydrogen) atoms. The lowest BCUT2D eigenvalue weighted by Gasteiger charge is -2.28. The van der Waals surface area contributed by atoms with Crippen molar-refractivity contribution in [3.63, 3.8) is 0 Å². The summed E-state index contributed by atoms with van der Waals surface area (Å²) in [6, 6.07) is 0.427. The van der Waals surface area contributed by atoms with E-state index in [9.17, 15) is 0 Å². The molecule has 0 amide bonds. The largest absolute Gasteiger partial charge is 0.247 e. The van der Waals surface area contributed by atoms with E-state index in [1.165, 1.54) is 30.7 Å². The maximum Gasteiger partial charge on any atom is 0.0859 e. The molecule has 1 aromatic heterocycles. The summed E-state index contributed by atoms with van der Waals surface area (Å²) >= 11 is 0. The summed E-state index contributed by atoms with van der Waals surface area (Å²) in [6.45, 7) is 11.5. The highest BCUT2D eigenvalue weighted by atomic mass is 15.4. The van der Waals surface area contributed by atoms with Crippen LogP contribution in [-0.2, 0) is 12.8 Å². The summed E-state index contributed by atoms with van der Waals surface area (Å²) in [6.07, 6.45) is 6.19. The zero-order chi connectivity index (χ0) is 14.0. The van der Waals surface area contributed by atoms with E-state index in [-0.39, 0.29) is 0 Å². The SMILES string of the molecule is CC(C)CC1CCc2c(nnn2C(C)C)CCC1C. The fraction of sp³-hybridized carbons (Fsp3) is 0.875. The fourth-order valence-electron chi connectivity index (χ4n) is 3.38. The van der Waals surface area contributed by atoms with Crippen molar-refractivity contribution in [3.8, 4) is 0 Å². The highest BCUT2D eigenvalue weighted by Gasteiger charge is 2.25. The number of hydrogen-bond donors (Lipinski definition) is 0. The van der Waals surface area contributed by atoms with Crippen LogP contribution in [-0.4, -0.2) is 15.0 Å². The number of aryl methyl sites for hydroxylation is 1. The quantitative estimate of drug-likeness (QED) is 0.824. The van der Waals surface area contributed by atoms with Crippen LogP contribution >= 0.6 is 0 Å². The van der Waals surface area contributed by atoms with Crippen LogP contribution in [0.15, 0.2) is 0 Å². The molecule has 0 N–H and O–H groups in total. The zero-order valence-corrected chi connectivity index (χ0v) is 13.2. The molecule has 1 heterocycles. The molecular weight excluding hydrogens is 234 g/mol. The molecular formula is C16H29N3. The lowest BCUT2D eigenvalue weighted by molar-refractivity contribution is 0.261. The van der Waals surface area contributed by atoms with E-state index >= 15 is 0 Å². The normalized spacial score (nSPS) is 24.4. The van der Waals surface area contributed by atoms with Crippen LogP contribution in [0.1, 0.15) is 71.3 Å². The Morgan fingerprint density at radius 3 is 2.53 bits per heavy atom. The van der Waals surface area contributed by atoms with E-state index in [2.05, 4.69) is 49.6 Å². The molecule has 0 saturated carbocycles. The van der Waals surface area contributed by atoms with Crippen molar-refractivity contribution < 1.29 is 0 Å². The summed E-state index contributed by atoms with van der Waals surface area (Å²) in [4.78, 5) is 0. The van der Waals surface area contributed by atoms with Crippen molar-refractivity contribution >= 4 is 0 Å². The van der Waals surface area contributed by atoms with Crippen molar-refractivity contribution in [2.24, 2.45) is 17.8 Å². The molecule has 0 saturated heterocycles. The average molecular weight is 263 g/mol. The van der Waals surface area contributed by atoms with Gasteiger partial charge in [0, 0.05) is 6.04 Å². The Morgan fingerprint density at radius 1 is 1.16 bits per heavy atom. The smallest absolute Gasteiger partial charge is 0.0859 e. The molecule has 0 aliphatic heterocycles. The van der Waals surface area contributed by atoms with Crippen molar-refractivity contribution in [3.05, 3.63) is 11.4 Å². The van der Waals surface area contributed by atoms with Gasteiger partial charge in [0.05, 0.1) is 11.4 Å². The van der Waals surface area contributed by atoms with Gasteiger partial charge in [-0.25, -0.2) is 4.68 Å². The third kappa shape index (κ3) is 3.37. The third-order valence-corrected chi connectivity index (χ3v) is 4.53. The molecule has 1 aliphatic rings. The van der Waals surface area contributed by atoms with Gasteiger partial charge >= 0.3 is 0 Å². The van der Waals surface area contributed by atoms with Gasteiger partial charge in [0.15, 0.2) is 0 Å². The van der Waals surface area contributed by atoms with Gasteiger partial charge in [-0.15, -0.1) is 5.10 Å². The highest BCUT2D eigenvalue weighted by Crippen LogP contribution is 2.32. The Hall–Kier alpha value is -0.860. The predicted molar refractivity (Wildman–Crippen MR) is 79.2 cm³/mol. The number of nitrogens with zero attached hydrogens (tertiary/aromatic N) is 3. The first-order chi connectivity index (χ1) is 8.99. The van der Waals surface area contributed by atoms with Gasteiger partial charge in [0.1, 0.15) is 0 Å². The Balaban J connectivity index is 2.16. The Labute approximate surface area is 117 Å². The van der Waals surface area contributed by atoms with Gasteiger partial charge in [-0.05, 0) is 63.7 Å². The van der Waals surface area contributed by atoms with Gasteiger partial charge in [0.25, 0.3) is 0 Å². The van der Waals surface area contributed by atoms with Crippen LogP contribution in [0.2, 0.25) is 0 Å². The Bertz CT molecular complexity index is 406. The van der Waals surface area contributed by atoms with E-state index in [4.69, 9.17) is 0 Å². The van der Waals surface area contributed by atoms with E-state index in [1.54, 1.807) is 0 Å². The molecule has 2 unspecified atom stereocenters.